The maximum absolute atomic E-state index is 13.4. The number of hydrogen-bond acceptors (Lipinski definition) is 2. The Labute approximate surface area is 151 Å². The predicted octanol–water partition coefficient (Wildman–Crippen LogP) is 2.77. The minimum atomic E-state index is -0.701. The van der Waals surface area contributed by atoms with Crippen molar-refractivity contribution in [3.05, 3.63) is 71.3 Å². The van der Waals surface area contributed by atoms with Gasteiger partial charge in [0.2, 0.25) is 11.8 Å². The third kappa shape index (κ3) is 4.07. The van der Waals surface area contributed by atoms with Gasteiger partial charge in [-0.05, 0) is 36.6 Å². The van der Waals surface area contributed by atoms with Gasteiger partial charge in [0, 0.05) is 19.2 Å². The van der Waals surface area contributed by atoms with Crippen LogP contribution in [0.1, 0.15) is 18.1 Å². The molecular weight excluding hydrogens is 338 g/mol. The minimum Gasteiger partial charge on any atom is -0.331 e. The highest BCUT2D eigenvalue weighted by atomic mass is 19.1. The van der Waals surface area contributed by atoms with Crippen LogP contribution in [0, 0.1) is 11.6 Å². The number of hydrogen-bond donors (Lipinski definition) is 0. The highest BCUT2D eigenvalue weighted by Crippen LogP contribution is 2.18. The Kier molecular flexibility index (Phi) is 5.30. The number of benzene rings is 2. The predicted molar refractivity (Wildman–Crippen MR) is 93.1 cm³/mol. The zero-order valence-electron chi connectivity index (χ0n) is 14.5. The molecular formula is C20H20F2N2O2. The van der Waals surface area contributed by atoms with Crippen LogP contribution < -0.4 is 0 Å². The summed E-state index contributed by atoms with van der Waals surface area (Å²) in [5.74, 6) is -1.78. The number of halogens is 2. The molecule has 0 spiro atoms. The maximum Gasteiger partial charge on any atom is 0.245 e. The van der Waals surface area contributed by atoms with Crippen molar-refractivity contribution in [2.75, 3.05) is 13.1 Å². The van der Waals surface area contributed by atoms with E-state index < -0.39 is 17.7 Å². The summed E-state index contributed by atoms with van der Waals surface area (Å²) in [5, 5.41) is 0. The van der Waals surface area contributed by atoms with Gasteiger partial charge >= 0.3 is 0 Å². The molecule has 0 aliphatic carbocycles. The van der Waals surface area contributed by atoms with E-state index in [9.17, 15) is 18.4 Å². The quantitative estimate of drug-likeness (QED) is 0.825. The van der Waals surface area contributed by atoms with E-state index in [-0.39, 0.29) is 24.9 Å². The van der Waals surface area contributed by atoms with E-state index in [1.165, 1.54) is 17.0 Å². The van der Waals surface area contributed by atoms with Crippen LogP contribution in [0.15, 0.2) is 48.5 Å². The molecule has 0 N–H and O–H groups in total. The molecule has 3 rings (SSSR count). The van der Waals surface area contributed by atoms with E-state index in [0.717, 1.165) is 11.6 Å². The van der Waals surface area contributed by atoms with Gasteiger partial charge in [-0.15, -0.1) is 0 Å². The Morgan fingerprint density at radius 3 is 2.31 bits per heavy atom. The third-order valence-electron chi connectivity index (χ3n) is 4.57. The first-order valence-corrected chi connectivity index (χ1v) is 8.51. The molecule has 0 unspecified atom stereocenters. The van der Waals surface area contributed by atoms with Crippen LogP contribution in [0.25, 0.3) is 0 Å². The molecule has 2 aromatic rings. The Balaban J connectivity index is 1.67. The van der Waals surface area contributed by atoms with Gasteiger partial charge in [-0.1, -0.05) is 30.3 Å². The van der Waals surface area contributed by atoms with Gasteiger partial charge in [-0.3, -0.25) is 9.59 Å². The van der Waals surface area contributed by atoms with Crippen LogP contribution in [0.5, 0.6) is 0 Å². The summed E-state index contributed by atoms with van der Waals surface area (Å²) in [4.78, 5) is 28.0. The lowest BCUT2D eigenvalue weighted by Gasteiger charge is -2.38. The van der Waals surface area contributed by atoms with E-state index in [1.54, 1.807) is 11.8 Å². The van der Waals surface area contributed by atoms with Crippen molar-refractivity contribution in [2.45, 2.75) is 25.9 Å². The molecule has 1 aliphatic rings. The summed E-state index contributed by atoms with van der Waals surface area (Å²) < 4.78 is 26.7. The standard InChI is InChI=1S/C20H20F2N2O2/c1-14-20(26)23(8-7-15-5-3-2-4-6-15)13-19(25)24(14)12-16-9-17(21)11-18(22)10-16/h2-6,9-11,14H,7-8,12-13H2,1H3/t14-/m0/s1. The highest BCUT2D eigenvalue weighted by molar-refractivity contribution is 5.94. The molecule has 0 saturated carbocycles. The maximum atomic E-state index is 13.4. The fraction of sp³-hybridized carbons (Fsp3) is 0.300. The molecule has 1 atom stereocenters. The van der Waals surface area contributed by atoms with E-state index in [1.807, 2.05) is 30.3 Å². The number of carbonyl (C=O) groups excluding carboxylic acids is 2. The molecule has 26 heavy (non-hydrogen) atoms. The SMILES string of the molecule is C[C@H]1C(=O)N(CCc2ccccc2)CC(=O)N1Cc1cc(F)cc(F)c1. The molecule has 136 valence electrons. The number of amides is 2. The van der Waals surface area contributed by atoms with Crippen molar-refractivity contribution in [1.82, 2.24) is 9.80 Å². The Morgan fingerprint density at radius 1 is 1.00 bits per heavy atom. The second kappa shape index (κ2) is 7.64. The molecule has 2 aromatic carbocycles. The van der Waals surface area contributed by atoms with Crippen LogP contribution in [0.2, 0.25) is 0 Å². The third-order valence-corrected chi connectivity index (χ3v) is 4.57. The minimum absolute atomic E-state index is 0.00689. The van der Waals surface area contributed by atoms with Crippen molar-refractivity contribution in [3.63, 3.8) is 0 Å². The van der Waals surface area contributed by atoms with Gasteiger partial charge in [0.05, 0.1) is 6.54 Å². The van der Waals surface area contributed by atoms with E-state index >= 15 is 0 Å². The first-order chi connectivity index (χ1) is 12.4. The Morgan fingerprint density at radius 2 is 1.65 bits per heavy atom. The highest BCUT2D eigenvalue weighted by Gasteiger charge is 2.36. The van der Waals surface area contributed by atoms with Crippen molar-refractivity contribution in [3.8, 4) is 0 Å². The fourth-order valence-electron chi connectivity index (χ4n) is 3.17. The second-order valence-electron chi connectivity index (χ2n) is 6.47. The van der Waals surface area contributed by atoms with Gasteiger partial charge in [0.1, 0.15) is 17.7 Å². The van der Waals surface area contributed by atoms with Gasteiger partial charge in [0.25, 0.3) is 0 Å². The van der Waals surface area contributed by atoms with E-state index in [4.69, 9.17) is 0 Å². The molecule has 0 aromatic heterocycles. The molecule has 1 saturated heterocycles. The Hall–Kier alpha value is -2.76. The largest absolute Gasteiger partial charge is 0.331 e. The van der Waals surface area contributed by atoms with Crippen LogP contribution >= 0.6 is 0 Å². The summed E-state index contributed by atoms with van der Waals surface area (Å²) in [7, 11) is 0. The molecule has 0 bridgehead atoms. The summed E-state index contributed by atoms with van der Waals surface area (Å²) in [6, 6.07) is 12.2. The van der Waals surface area contributed by atoms with Crippen molar-refractivity contribution < 1.29 is 18.4 Å². The normalized spacial score (nSPS) is 17.7. The molecule has 4 nitrogen and oxygen atoms in total. The van der Waals surface area contributed by atoms with Crippen molar-refractivity contribution >= 4 is 11.8 Å². The second-order valence-corrected chi connectivity index (χ2v) is 6.47. The van der Waals surface area contributed by atoms with Crippen molar-refractivity contribution in [1.29, 1.82) is 0 Å². The lowest BCUT2D eigenvalue weighted by atomic mass is 10.1. The smallest absolute Gasteiger partial charge is 0.245 e. The Bertz CT molecular complexity index is 790. The van der Waals surface area contributed by atoms with E-state index in [0.29, 0.717) is 18.5 Å². The topological polar surface area (TPSA) is 40.6 Å². The van der Waals surface area contributed by atoms with Crippen LogP contribution in [-0.2, 0) is 22.6 Å². The van der Waals surface area contributed by atoms with Crippen LogP contribution in [0.3, 0.4) is 0 Å². The first kappa shape index (κ1) is 18.0. The van der Waals surface area contributed by atoms with Gasteiger partial charge < -0.3 is 9.80 Å². The number of nitrogens with zero attached hydrogens (tertiary/aromatic N) is 2. The van der Waals surface area contributed by atoms with Crippen molar-refractivity contribution in [2.24, 2.45) is 0 Å². The fourth-order valence-corrected chi connectivity index (χ4v) is 3.17. The van der Waals surface area contributed by atoms with Gasteiger partial charge in [-0.25, -0.2) is 8.78 Å². The zero-order chi connectivity index (χ0) is 18.7. The van der Waals surface area contributed by atoms with Crippen LogP contribution in [0.4, 0.5) is 8.78 Å². The zero-order valence-corrected chi connectivity index (χ0v) is 14.5. The lowest BCUT2D eigenvalue weighted by Crippen LogP contribution is -2.58. The first-order valence-electron chi connectivity index (χ1n) is 8.51. The average molecular weight is 358 g/mol. The van der Waals surface area contributed by atoms with Crippen LogP contribution in [-0.4, -0.2) is 40.7 Å². The summed E-state index contributed by atoms with van der Waals surface area (Å²) in [5.41, 5.74) is 1.42. The van der Waals surface area contributed by atoms with E-state index in [2.05, 4.69) is 0 Å². The average Bonchev–Trinajstić information content (AvgIpc) is 2.61. The number of piperazine rings is 1. The molecule has 1 heterocycles. The van der Waals surface area contributed by atoms with Gasteiger partial charge in [-0.2, -0.15) is 0 Å². The summed E-state index contributed by atoms with van der Waals surface area (Å²) in [6.45, 7) is 2.09. The summed E-state index contributed by atoms with van der Waals surface area (Å²) in [6.07, 6.45) is 0.668. The monoisotopic (exact) mass is 358 g/mol. The summed E-state index contributed by atoms with van der Waals surface area (Å²) >= 11 is 0. The molecule has 1 fully saturated rings. The van der Waals surface area contributed by atoms with Gasteiger partial charge in [0.15, 0.2) is 0 Å². The molecule has 1 aliphatic heterocycles. The molecule has 0 radical (unpaired) electrons. The number of carbonyl (C=O) groups is 2. The molecule has 2 amide bonds. The lowest BCUT2D eigenvalue weighted by molar-refractivity contribution is -0.155. The molecule has 6 heteroatoms. The number of rotatable bonds is 5.